The monoisotopic (exact) mass is 332 g/mol. The van der Waals surface area contributed by atoms with Crippen molar-refractivity contribution in [2.75, 3.05) is 0 Å². The number of amides is 1. The lowest BCUT2D eigenvalue weighted by molar-refractivity contribution is -0.131. The number of carbonyl (C=O) groups excluding carboxylic acids is 1. The number of hydrogen-bond donors (Lipinski definition) is 3. The van der Waals surface area contributed by atoms with E-state index in [1.165, 1.54) is 12.0 Å². The van der Waals surface area contributed by atoms with Crippen LogP contribution in [0.25, 0.3) is 0 Å². The van der Waals surface area contributed by atoms with Crippen molar-refractivity contribution in [1.82, 2.24) is 5.43 Å². The van der Waals surface area contributed by atoms with Gasteiger partial charge in [-0.05, 0) is 80.0 Å². The number of rotatable bonds is 1. The zero-order valence-electron chi connectivity index (χ0n) is 15.1. The summed E-state index contributed by atoms with van der Waals surface area (Å²) < 4.78 is 0. The quantitative estimate of drug-likeness (QED) is 0.299. The molecule has 3 saturated carbocycles. The van der Waals surface area contributed by atoms with Crippen LogP contribution in [0.5, 0.6) is 0 Å². The highest BCUT2D eigenvalue weighted by Gasteiger charge is 2.59. The molecular formula is C20H32N2O2. The highest BCUT2D eigenvalue weighted by Crippen LogP contribution is 2.66. The van der Waals surface area contributed by atoms with E-state index in [1.807, 2.05) is 0 Å². The normalized spacial score (nSPS) is 50.3. The Morgan fingerprint density at radius 1 is 1.21 bits per heavy atom. The number of hydrazine groups is 1. The highest BCUT2D eigenvalue weighted by molar-refractivity contribution is 5.79. The van der Waals surface area contributed by atoms with E-state index in [9.17, 15) is 9.90 Å². The average molecular weight is 332 g/mol. The lowest BCUT2D eigenvalue weighted by Gasteiger charge is -2.57. The van der Waals surface area contributed by atoms with Crippen molar-refractivity contribution in [2.45, 2.75) is 71.3 Å². The van der Waals surface area contributed by atoms with E-state index >= 15 is 0 Å². The highest BCUT2D eigenvalue weighted by atomic mass is 16.3. The van der Waals surface area contributed by atoms with Crippen LogP contribution in [0.2, 0.25) is 0 Å². The van der Waals surface area contributed by atoms with Gasteiger partial charge in [-0.2, -0.15) is 0 Å². The van der Waals surface area contributed by atoms with Gasteiger partial charge in [0.2, 0.25) is 5.91 Å². The summed E-state index contributed by atoms with van der Waals surface area (Å²) in [6.07, 6.45) is 10.9. The van der Waals surface area contributed by atoms with Gasteiger partial charge in [-0.15, -0.1) is 0 Å². The Morgan fingerprint density at radius 3 is 2.75 bits per heavy atom. The van der Waals surface area contributed by atoms with Gasteiger partial charge in [0.15, 0.2) is 0 Å². The molecule has 4 rings (SSSR count). The van der Waals surface area contributed by atoms with Crippen LogP contribution in [0, 0.1) is 34.5 Å². The molecule has 0 aromatic heterocycles. The second-order valence-corrected chi connectivity index (χ2v) is 9.34. The maximum atomic E-state index is 12.3. The molecular weight excluding hydrogens is 300 g/mol. The van der Waals surface area contributed by atoms with Crippen LogP contribution >= 0.6 is 0 Å². The third-order valence-corrected chi connectivity index (χ3v) is 8.54. The second kappa shape index (κ2) is 5.57. The average Bonchev–Trinajstić information content (AvgIpc) is 2.92. The molecule has 3 fully saturated rings. The summed E-state index contributed by atoms with van der Waals surface area (Å²) >= 11 is 0. The number of nitrogens with one attached hydrogen (secondary N) is 1. The zero-order chi connectivity index (χ0) is 17.1. The van der Waals surface area contributed by atoms with Crippen LogP contribution in [0.15, 0.2) is 11.6 Å². The minimum atomic E-state index is -0.140. The first-order chi connectivity index (χ1) is 11.4. The molecule has 0 heterocycles. The van der Waals surface area contributed by atoms with Gasteiger partial charge in [0.25, 0.3) is 0 Å². The Morgan fingerprint density at radius 2 is 2.00 bits per heavy atom. The van der Waals surface area contributed by atoms with Gasteiger partial charge in [-0.25, -0.2) is 5.84 Å². The third-order valence-electron chi connectivity index (χ3n) is 8.54. The van der Waals surface area contributed by atoms with Crippen molar-refractivity contribution in [3.63, 3.8) is 0 Å². The number of aliphatic hydroxyl groups is 1. The Bertz CT molecular complexity index is 574. The molecule has 0 bridgehead atoms. The summed E-state index contributed by atoms with van der Waals surface area (Å²) in [6, 6.07) is 0. The SMILES string of the molecule is CC12CCC(O)CC1=CCC1C2CCC2(C)C(C(=O)NN)CCC12. The van der Waals surface area contributed by atoms with Crippen LogP contribution in [0.3, 0.4) is 0 Å². The van der Waals surface area contributed by atoms with E-state index in [1.54, 1.807) is 0 Å². The smallest absolute Gasteiger partial charge is 0.237 e. The summed E-state index contributed by atoms with van der Waals surface area (Å²) in [5, 5.41) is 10.1. The summed E-state index contributed by atoms with van der Waals surface area (Å²) in [5.41, 5.74) is 4.32. The number of carbonyl (C=O) groups is 1. The summed E-state index contributed by atoms with van der Waals surface area (Å²) in [5.74, 6) is 7.64. The van der Waals surface area contributed by atoms with Crippen LogP contribution in [0.1, 0.15) is 65.2 Å². The molecule has 4 aliphatic rings. The first-order valence-corrected chi connectivity index (χ1v) is 9.78. The summed E-state index contributed by atoms with van der Waals surface area (Å²) in [7, 11) is 0. The Hall–Kier alpha value is -0.870. The zero-order valence-corrected chi connectivity index (χ0v) is 15.1. The van der Waals surface area contributed by atoms with Crippen molar-refractivity contribution in [3.05, 3.63) is 11.6 Å². The number of nitrogens with two attached hydrogens (primary N) is 1. The summed E-state index contributed by atoms with van der Waals surface area (Å²) in [6.45, 7) is 4.79. The molecule has 4 nitrogen and oxygen atoms in total. The first kappa shape index (κ1) is 16.6. The predicted octanol–water partition coefficient (Wildman–Crippen LogP) is 2.92. The van der Waals surface area contributed by atoms with Crippen molar-refractivity contribution < 1.29 is 9.90 Å². The van der Waals surface area contributed by atoms with Gasteiger partial charge < -0.3 is 5.11 Å². The van der Waals surface area contributed by atoms with Crippen molar-refractivity contribution in [2.24, 2.45) is 40.3 Å². The maximum absolute atomic E-state index is 12.3. The molecule has 7 unspecified atom stereocenters. The molecule has 1 amide bonds. The topological polar surface area (TPSA) is 75.3 Å². The lowest BCUT2D eigenvalue weighted by Crippen LogP contribution is -2.52. The molecule has 0 aromatic rings. The molecule has 4 heteroatoms. The molecule has 0 radical (unpaired) electrons. The fourth-order valence-electron chi connectivity index (χ4n) is 7.17. The minimum absolute atomic E-state index is 0.0393. The van der Waals surface area contributed by atoms with E-state index in [-0.39, 0.29) is 28.8 Å². The van der Waals surface area contributed by atoms with Crippen molar-refractivity contribution >= 4 is 5.91 Å². The van der Waals surface area contributed by atoms with Crippen LogP contribution in [0.4, 0.5) is 0 Å². The fraction of sp³-hybridized carbons (Fsp3) is 0.850. The Kier molecular flexibility index (Phi) is 3.85. The fourth-order valence-corrected chi connectivity index (χ4v) is 7.17. The van der Waals surface area contributed by atoms with E-state index in [0.29, 0.717) is 11.8 Å². The Balaban J connectivity index is 1.64. The molecule has 0 spiro atoms. The number of hydrogen-bond acceptors (Lipinski definition) is 3. The van der Waals surface area contributed by atoms with Gasteiger partial charge >= 0.3 is 0 Å². The molecule has 7 atom stereocenters. The second-order valence-electron chi connectivity index (χ2n) is 9.34. The third kappa shape index (κ3) is 2.15. The molecule has 4 aliphatic carbocycles. The van der Waals surface area contributed by atoms with Crippen LogP contribution < -0.4 is 11.3 Å². The largest absolute Gasteiger partial charge is 0.393 e. The number of allylic oxidation sites excluding steroid dienone is 1. The molecule has 24 heavy (non-hydrogen) atoms. The number of fused-ring (bicyclic) bond motifs is 5. The van der Waals surface area contributed by atoms with E-state index < -0.39 is 0 Å². The number of aliphatic hydroxyl groups excluding tert-OH is 1. The van der Waals surface area contributed by atoms with Gasteiger partial charge in [-0.3, -0.25) is 10.2 Å². The molecule has 0 aromatic carbocycles. The molecule has 0 aliphatic heterocycles. The molecule has 0 saturated heterocycles. The van der Waals surface area contributed by atoms with Gasteiger partial charge in [0.1, 0.15) is 0 Å². The Labute approximate surface area is 145 Å². The minimum Gasteiger partial charge on any atom is -0.393 e. The van der Waals surface area contributed by atoms with Crippen LogP contribution in [-0.4, -0.2) is 17.1 Å². The standard InChI is InChI=1S/C20H32N2O2/c1-19-9-7-13(23)11-12(19)3-4-14-15-5-6-17(18(24)22-21)20(15,2)10-8-16(14)19/h3,13-17,23H,4-11,21H2,1-2H3,(H,22,24). The maximum Gasteiger partial charge on any atom is 0.237 e. The summed E-state index contributed by atoms with van der Waals surface area (Å²) in [4.78, 5) is 12.3. The van der Waals surface area contributed by atoms with E-state index in [2.05, 4.69) is 25.3 Å². The lowest BCUT2D eigenvalue weighted by atomic mass is 9.47. The van der Waals surface area contributed by atoms with Gasteiger partial charge in [-0.1, -0.05) is 25.5 Å². The first-order valence-electron chi connectivity index (χ1n) is 9.78. The van der Waals surface area contributed by atoms with E-state index in [0.717, 1.165) is 50.9 Å². The van der Waals surface area contributed by atoms with E-state index in [4.69, 9.17) is 5.84 Å². The molecule has 4 N–H and O–H groups in total. The molecule has 134 valence electrons. The van der Waals surface area contributed by atoms with Crippen molar-refractivity contribution in [1.29, 1.82) is 0 Å². The van der Waals surface area contributed by atoms with Crippen molar-refractivity contribution in [3.8, 4) is 0 Å². The van der Waals surface area contributed by atoms with Crippen LogP contribution in [-0.2, 0) is 4.79 Å². The predicted molar refractivity (Wildman–Crippen MR) is 93.5 cm³/mol. The van der Waals surface area contributed by atoms with Gasteiger partial charge in [0, 0.05) is 5.92 Å². The van der Waals surface area contributed by atoms with Gasteiger partial charge in [0.05, 0.1) is 6.10 Å².